The zero-order chi connectivity index (χ0) is 17.6. The second-order valence-electron chi connectivity index (χ2n) is 6.50. The first kappa shape index (κ1) is 17.5. The van der Waals surface area contributed by atoms with E-state index in [1.54, 1.807) is 17.0 Å². The van der Waals surface area contributed by atoms with E-state index in [1.807, 2.05) is 12.1 Å². The second kappa shape index (κ2) is 8.20. The summed E-state index contributed by atoms with van der Waals surface area (Å²) in [5.74, 6) is -0.376. The number of nitrogens with one attached hydrogen (secondary N) is 1. The van der Waals surface area contributed by atoms with Crippen LogP contribution >= 0.6 is 0 Å². The molecule has 0 spiro atoms. The van der Waals surface area contributed by atoms with E-state index < -0.39 is 5.97 Å². The van der Waals surface area contributed by atoms with Crippen LogP contribution in [0.15, 0.2) is 24.3 Å². The molecule has 3 rings (SSSR count). The third kappa shape index (κ3) is 4.85. The van der Waals surface area contributed by atoms with E-state index in [9.17, 15) is 9.59 Å². The van der Waals surface area contributed by atoms with Crippen molar-refractivity contribution in [1.29, 1.82) is 0 Å². The monoisotopic (exact) mass is 348 g/mol. The van der Waals surface area contributed by atoms with Gasteiger partial charge >= 0.3 is 12.0 Å². The molecule has 2 saturated heterocycles. The van der Waals surface area contributed by atoms with Crippen LogP contribution in [0.5, 0.6) is 5.75 Å². The fourth-order valence-electron chi connectivity index (χ4n) is 3.13. The van der Waals surface area contributed by atoms with Gasteiger partial charge in [-0.25, -0.2) is 4.79 Å². The molecule has 7 heteroatoms. The number of urea groups is 1. The minimum absolute atomic E-state index is 0.174. The fourth-order valence-corrected chi connectivity index (χ4v) is 3.13. The Hall–Kier alpha value is -2.28. The summed E-state index contributed by atoms with van der Waals surface area (Å²) in [6.45, 7) is 2.28. The topological polar surface area (TPSA) is 88.1 Å². The van der Waals surface area contributed by atoms with Gasteiger partial charge in [-0.2, -0.15) is 0 Å². The number of hydrogen-bond acceptors (Lipinski definition) is 4. The van der Waals surface area contributed by atoms with Gasteiger partial charge in [-0.15, -0.1) is 0 Å². The molecule has 0 aromatic heterocycles. The van der Waals surface area contributed by atoms with E-state index in [2.05, 4.69) is 5.32 Å². The summed E-state index contributed by atoms with van der Waals surface area (Å²) in [6, 6.07) is 7.04. The first-order valence-corrected chi connectivity index (χ1v) is 8.75. The van der Waals surface area contributed by atoms with Crippen LogP contribution < -0.4 is 10.1 Å². The van der Waals surface area contributed by atoms with Gasteiger partial charge in [0, 0.05) is 25.4 Å². The average Bonchev–Trinajstić information content (AvgIpc) is 3.15. The molecular formula is C18H24N2O5. The van der Waals surface area contributed by atoms with E-state index in [0.29, 0.717) is 38.2 Å². The summed E-state index contributed by atoms with van der Waals surface area (Å²) >= 11 is 0. The van der Waals surface area contributed by atoms with Gasteiger partial charge in [0.15, 0.2) is 0 Å². The smallest absolute Gasteiger partial charge is 0.321 e. The van der Waals surface area contributed by atoms with Crippen molar-refractivity contribution in [3.8, 4) is 5.75 Å². The molecule has 2 N–H and O–H groups in total. The largest absolute Gasteiger partial charge is 0.491 e. The number of hydrogen-bond donors (Lipinski definition) is 2. The van der Waals surface area contributed by atoms with Gasteiger partial charge in [-0.3, -0.25) is 4.79 Å². The lowest BCUT2D eigenvalue weighted by molar-refractivity contribution is -0.143. The number of ether oxygens (including phenoxy) is 2. The third-order valence-corrected chi connectivity index (χ3v) is 4.70. The molecule has 1 aromatic rings. The molecule has 2 aliphatic heterocycles. The zero-order valence-electron chi connectivity index (χ0n) is 14.1. The maximum Gasteiger partial charge on any atom is 0.321 e. The normalized spacial score (nSPS) is 21.1. The maximum atomic E-state index is 12.2. The third-order valence-electron chi connectivity index (χ3n) is 4.70. The lowest BCUT2D eigenvalue weighted by Crippen LogP contribution is -2.42. The number of carboxylic acids is 1. The highest BCUT2D eigenvalue weighted by Gasteiger charge is 2.26. The number of aliphatic carboxylic acids is 1. The molecule has 1 aromatic carbocycles. The van der Waals surface area contributed by atoms with Gasteiger partial charge in [0.05, 0.1) is 12.0 Å². The first-order valence-electron chi connectivity index (χ1n) is 8.75. The van der Waals surface area contributed by atoms with Gasteiger partial charge in [0.1, 0.15) is 12.4 Å². The molecule has 2 aliphatic rings. The molecule has 0 bridgehead atoms. The number of rotatable bonds is 5. The van der Waals surface area contributed by atoms with Crippen LogP contribution in [-0.2, 0) is 9.53 Å². The summed E-state index contributed by atoms with van der Waals surface area (Å²) in [7, 11) is 0. The Morgan fingerprint density at radius 3 is 2.52 bits per heavy atom. The molecule has 2 heterocycles. The Bertz CT molecular complexity index is 590. The molecule has 136 valence electrons. The predicted molar refractivity (Wildman–Crippen MR) is 91.9 cm³/mol. The van der Waals surface area contributed by atoms with E-state index >= 15 is 0 Å². The molecule has 2 fully saturated rings. The Morgan fingerprint density at radius 1 is 1.20 bits per heavy atom. The van der Waals surface area contributed by atoms with Crippen molar-refractivity contribution < 1.29 is 24.2 Å². The van der Waals surface area contributed by atoms with Gasteiger partial charge in [-0.05, 0) is 49.9 Å². The van der Waals surface area contributed by atoms with Crippen LogP contribution in [0, 0.1) is 5.92 Å². The summed E-state index contributed by atoms with van der Waals surface area (Å²) in [5, 5.41) is 11.8. The van der Waals surface area contributed by atoms with Crippen LogP contribution in [0.4, 0.5) is 10.5 Å². The summed E-state index contributed by atoms with van der Waals surface area (Å²) < 4.78 is 11.2. The van der Waals surface area contributed by atoms with Crippen molar-refractivity contribution in [2.75, 3.05) is 31.6 Å². The highest BCUT2D eigenvalue weighted by atomic mass is 16.5. The van der Waals surface area contributed by atoms with E-state index in [4.69, 9.17) is 14.6 Å². The average molecular weight is 348 g/mol. The van der Waals surface area contributed by atoms with Crippen molar-refractivity contribution in [1.82, 2.24) is 4.90 Å². The molecule has 0 saturated carbocycles. The summed E-state index contributed by atoms with van der Waals surface area (Å²) in [5.41, 5.74) is 0.690. The predicted octanol–water partition coefficient (Wildman–Crippen LogP) is 2.57. The highest BCUT2D eigenvalue weighted by Crippen LogP contribution is 2.21. The van der Waals surface area contributed by atoms with Crippen LogP contribution in [0.2, 0.25) is 0 Å². The van der Waals surface area contributed by atoms with Crippen molar-refractivity contribution in [3.05, 3.63) is 24.3 Å². The van der Waals surface area contributed by atoms with E-state index in [0.717, 1.165) is 25.2 Å². The highest BCUT2D eigenvalue weighted by molar-refractivity contribution is 5.89. The number of carboxylic acid groups (broad SMARTS) is 1. The van der Waals surface area contributed by atoms with Gasteiger partial charge in [0.2, 0.25) is 0 Å². The Morgan fingerprint density at radius 2 is 1.92 bits per heavy atom. The number of piperidine rings is 1. The van der Waals surface area contributed by atoms with Crippen LogP contribution in [0.1, 0.15) is 25.7 Å². The second-order valence-corrected chi connectivity index (χ2v) is 6.50. The van der Waals surface area contributed by atoms with Gasteiger partial charge < -0.3 is 24.8 Å². The Balaban J connectivity index is 1.44. The molecule has 0 radical (unpaired) electrons. The SMILES string of the molecule is O=C(O)C1CCN(C(=O)Nc2ccc(OCC3CCCO3)cc2)CC1. The van der Waals surface area contributed by atoms with Crippen molar-refractivity contribution in [2.24, 2.45) is 5.92 Å². The van der Waals surface area contributed by atoms with Crippen LogP contribution in [0.3, 0.4) is 0 Å². The number of anilines is 1. The van der Waals surface area contributed by atoms with E-state index in [1.165, 1.54) is 0 Å². The lowest BCUT2D eigenvalue weighted by Gasteiger charge is -2.30. The molecule has 1 unspecified atom stereocenters. The number of nitrogens with zero attached hydrogens (tertiary/aromatic N) is 1. The summed E-state index contributed by atoms with van der Waals surface area (Å²) in [6.07, 6.45) is 3.29. The van der Waals surface area contributed by atoms with Gasteiger partial charge in [-0.1, -0.05) is 0 Å². The van der Waals surface area contributed by atoms with Crippen molar-refractivity contribution >= 4 is 17.7 Å². The maximum absolute atomic E-state index is 12.2. The number of carbonyl (C=O) groups excluding carboxylic acids is 1. The van der Waals surface area contributed by atoms with Crippen molar-refractivity contribution in [3.63, 3.8) is 0 Å². The first-order chi connectivity index (χ1) is 12.1. The number of benzene rings is 1. The molecular weight excluding hydrogens is 324 g/mol. The fraction of sp³-hybridized carbons (Fsp3) is 0.556. The lowest BCUT2D eigenvalue weighted by atomic mass is 9.97. The Kier molecular flexibility index (Phi) is 5.75. The van der Waals surface area contributed by atoms with Crippen molar-refractivity contribution in [2.45, 2.75) is 31.8 Å². The van der Waals surface area contributed by atoms with Crippen LogP contribution in [0.25, 0.3) is 0 Å². The van der Waals surface area contributed by atoms with Gasteiger partial charge in [0.25, 0.3) is 0 Å². The number of likely N-dealkylation sites (tertiary alicyclic amines) is 1. The minimum atomic E-state index is -0.779. The Labute approximate surface area is 146 Å². The molecule has 2 amide bonds. The van der Waals surface area contributed by atoms with Crippen LogP contribution in [-0.4, -0.2) is 54.4 Å². The summed E-state index contributed by atoms with van der Waals surface area (Å²) in [4.78, 5) is 24.9. The minimum Gasteiger partial charge on any atom is -0.491 e. The molecule has 25 heavy (non-hydrogen) atoms. The number of carbonyl (C=O) groups is 2. The molecule has 0 aliphatic carbocycles. The molecule has 1 atom stereocenters. The van der Waals surface area contributed by atoms with E-state index in [-0.39, 0.29) is 18.1 Å². The quantitative estimate of drug-likeness (QED) is 0.854. The zero-order valence-corrected chi connectivity index (χ0v) is 14.1. The standard InChI is InChI=1S/C18H24N2O5/c21-17(22)13-7-9-20(10-8-13)18(23)19-14-3-5-15(6-4-14)25-12-16-2-1-11-24-16/h3-6,13,16H,1-2,7-12H2,(H,19,23)(H,21,22). The molecule has 7 nitrogen and oxygen atoms in total. The number of amides is 2.